The standard InChI is InChI=1S/C24H28BrF2N3O4/c1-16-28-23(34-15-19-5-6-20(26)12-21(19)27)22(25)24(33)30(16)14-18-4-2-3-17(11-18)13-29(7-9-31)8-10-32/h2-6,11-12,16,22,31-32H,7-10,13-15H2,1H3. The summed E-state index contributed by atoms with van der Waals surface area (Å²) < 4.78 is 32.6. The van der Waals surface area contributed by atoms with E-state index in [4.69, 9.17) is 4.74 Å². The number of hydrogen-bond donors (Lipinski definition) is 2. The lowest BCUT2D eigenvalue weighted by Crippen LogP contribution is -2.49. The molecule has 1 aliphatic rings. The van der Waals surface area contributed by atoms with Gasteiger partial charge >= 0.3 is 0 Å². The molecule has 1 amide bonds. The van der Waals surface area contributed by atoms with Gasteiger partial charge in [0.1, 0.15) is 24.4 Å². The molecule has 2 unspecified atom stereocenters. The van der Waals surface area contributed by atoms with Crippen molar-refractivity contribution in [3.8, 4) is 0 Å². The van der Waals surface area contributed by atoms with Crippen molar-refractivity contribution in [1.82, 2.24) is 9.80 Å². The summed E-state index contributed by atoms with van der Waals surface area (Å²) in [7, 11) is 0. The van der Waals surface area contributed by atoms with Crippen molar-refractivity contribution < 1.29 is 28.5 Å². The molecule has 10 heteroatoms. The van der Waals surface area contributed by atoms with Crippen LogP contribution in [0.1, 0.15) is 23.6 Å². The molecule has 0 spiro atoms. The summed E-state index contributed by atoms with van der Waals surface area (Å²) in [4.78, 5) is 20.2. The maximum atomic E-state index is 13.9. The fourth-order valence-electron chi connectivity index (χ4n) is 3.70. The normalized spacial score (nSPS) is 18.4. The third-order valence-corrected chi connectivity index (χ3v) is 6.24. The summed E-state index contributed by atoms with van der Waals surface area (Å²) in [6.07, 6.45) is -0.502. The predicted molar refractivity (Wildman–Crippen MR) is 127 cm³/mol. The van der Waals surface area contributed by atoms with E-state index < -0.39 is 22.6 Å². The van der Waals surface area contributed by atoms with E-state index in [1.54, 1.807) is 11.8 Å². The van der Waals surface area contributed by atoms with Gasteiger partial charge in [0.2, 0.25) is 11.8 Å². The Morgan fingerprint density at radius 1 is 1.12 bits per heavy atom. The predicted octanol–water partition coefficient (Wildman–Crippen LogP) is 2.82. The topological polar surface area (TPSA) is 85.6 Å². The van der Waals surface area contributed by atoms with Crippen LogP contribution in [0.2, 0.25) is 0 Å². The Hall–Kier alpha value is -2.40. The second kappa shape index (κ2) is 12.3. The van der Waals surface area contributed by atoms with Gasteiger partial charge in [0.05, 0.1) is 13.2 Å². The maximum Gasteiger partial charge on any atom is 0.247 e. The second-order valence-electron chi connectivity index (χ2n) is 8.00. The van der Waals surface area contributed by atoms with Gasteiger partial charge in [-0.3, -0.25) is 9.69 Å². The molecule has 7 nitrogen and oxygen atoms in total. The lowest BCUT2D eigenvalue weighted by molar-refractivity contribution is -0.133. The Kier molecular flexibility index (Phi) is 9.52. The molecule has 0 saturated heterocycles. The molecule has 2 aromatic carbocycles. The van der Waals surface area contributed by atoms with E-state index in [1.165, 1.54) is 6.07 Å². The van der Waals surface area contributed by atoms with Gasteiger partial charge in [-0.15, -0.1) is 0 Å². The smallest absolute Gasteiger partial charge is 0.247 e. The van der Waals surface area contributed by atoms with E-state index in [9.17, 15) is 23.8 Å². The Balaban J connectivity index is 1.67. The fourth-order valence-corrected chi connectivity index (χ4v) is 4.21. The van der Waals surface area contributed by atoms with Gasteiger partial charge in [-0.05, 0) is 30.2 Å². The number of aliphatic imine (C=N–C) groups is 1. The molecule has 0 fully saturated rings. The van der Waals surface area contributed by atoms with Crippen LogP contribution in [-0.2, 0) is 29.2 Å². The number of amides is 1. The van der Waals surface area contributed by atoms with Gasteiger partial charge in [-0.1, -0.05) is 40.2 Å². The summed E-state index contributed by atoms with van der Waals surface area (Å²) >= 11 is 3.33. The van der Waals surface area contributed by atoms with Gasteiger partial charge in [0.25, 0.3) is 0 Å². The van der Waals surface area contributed by atoms with Gasteiger partial charge in [0, 0.05) is 37.8 Å². The van der Waals surface area contributed by atoms with Gasteiger partial charge in [0.15, 0.2) is 4.83 Å². The minimum absolute atomic E-state index is 0.00231. The van der Waals surface area contributed by atoms with Crippen molar-refractivity contribution in [2.24, 2.45) is 4.99 Å². The number of nitrogens with zero attached hydrogens (tertiary/aromatic N) is 3. The van der Waals surface area contributed by atoms with Crippen LogP contribution in [0.5, 0.6) is 0 Å². The molecule has 0 saturated carbocycles. The monoisotopic (exact) mass is 539 g/mol. The molecule has 184 valence electrons. The van der Waals surface area contributed by atoms with E-state index >= 15 is 0 Å². The van der Waals surface area contributed by atoms with Crippen molar-refractivity contribution >= 4 is 27.7 Å². The van der Waals surface area contributed by atoms with Crippen molar-refractivity contribution in [3.05, 3.63) is 70.8 Å². The molecule has 0 aliphatic carbocycles. The Bertz CT molecular complexity index is 1020. The molecule has 2 aromatic rings. The zero-order valence-electron chi connectivity index (χ0n) is 18.8. The molecule has 0 aromatic heterocycles. The minimum atomic E-state index is -0.819. The first-order chi connectivity index (χ1) is 16.3. The fraction of sp³-hybridized carbons (Fsp3) is 0.417. The highest BCUT2D eigenvalue weighted by molar-refractivity contribution is 9.10. The van der Waals surface area contributed by atoms with Gasteiger partial charge < -0.3 is 19.8 Å². The molecule has 0 radical (unpaired) electrons. The summed E-state index contributed by atoms with van der Waals surface area (Å²) in [6.45, 7) is 3.41. The second-order valence-corrected chi connectivity index (χ2v) is 8.91. The van der Waals surface area contributed by atoms with Crippen LogP contribution in [0.4, 0.5) is 8.78 Å². The molecule has 2 atom stereocenters. The third-order valence-electron chi connectivity index (χ3n) is 5.46. The zero-order valence-corrected chi connectivity index (χ0v) is 20.4. The lowest BCUT2D eigenvalue weighted by Gasteiger charge is -2.33. The van der Waals surface area contributed by atoms with Crippen molar-refractivity contribution in [2.75, 3.05) is 26.3 Å². The number of halogens is 3. The lowest BCUT2D eigenvalue weighted by atomic mass is 10.1. The highest BCUT2D eigenvalue weighted by atomic mass is 79.9. The number of carbonyl (C=O) groups is 1. The Labute approximate surface area is 205 Å². The summed E-state index contributed by atoms with van der Waals surface area (Å²) in [5.74, 6) is -1.48. The number of hydrogen-bond acceptors (Lipinski definition) is 6. The maximum absolute atomic E-state index is 13.9. The molecule has 1 heterocycles. The quantitative estimate of drug-likeness (QED) is 0.453. The van der Waals surface area contributed by atoms with Gasteiger partial charge in [-0.2, -0.15) is 0 Å². The first-order valence-electron chi connectivity index (χ1n) is 10.9. The van der Waals surface area contributed by atoms with Gasteiger partial charge in [-0.25, -0.2) is 13.8 Å². The molecular weight excluding hydrogens is 512 g/mol. The number of ether oxygens (including phenoxy) is 1. The Morgan fingerprint density at radius 2 is 1.82 bits per heavy atom. The van der Waals surface area contributed by atoms with E-state index in [1.807, 2.05) is 29.2 Å². The third kappa shape index (κ3) is 6.82. The summed E-state index contributed by atoms with van der Waals surface area (Å²) in [5, 5.41) is 18.4. The van der Waals surface area contributed by atoms with E-state index in [-0.39, 0.29) is 37.2 Å². The average Bonchev–Trinajstić information content (AvgIpc) is 2.80. The highest BCUT2D eigenvalue weighted by Gasteiger charge is 2.36. The van der Waals surface area contributed by atoms with Crippen molar-refractivity contribution in [1.29, 1.82) is 0 Å². The number of alkyl halides is 1. The first-order valence-corrected chi connectivity index (χ1v) is 11.8. The number of benzene rings is 2. The van der Waals surface area contributed by atoms with Crippen LogP contribution >= 0.6 is 15.9 Å². The van der Waals surface area contributed by atoms with Crippen LogP contribution in [0.15, 0.2) is 47.5 Å². The molecule has 1 aliphatic heterocycles. The van der Waals surface area contributed by atoms with Crippen LogP contribution in [0.3, 0.4) is 0 Å². The molecule has 3 rings (SSSR count). The van der Waals surface area contributed by atoms with E-state index in [0.29, 0.717) is 26.2 Å². The highest BCUT2D eigenvalue weighted by Crippen LogP contribution is 2.23. The number of rotatable bonds is 10. The van der Waals surface area contributed by atoms with Crippen molar-refractivity contribution in [2.45, 2.75) is 37.6 Å². The minimum Gasteiger partial charge on any atom is -0.475 e. The first kappa shape index (κ1) is 26.2. The summed E-state index contributed by atoms with van der Waals surface area (Å²) in [5.41, 5.74) is 2.08. The van der Waals surface area contributed by atoms with Crippen LogP contribution in [-0.4, -0.2) is 69.1 Å². The van der Waals surface area contributed by atoms with Crippen LogP contribution in [0.25, 0.3) is 0 Å². The van der Waals surface area contributed by atoms with E-state index in [2.05, 4.69) is 20.9 Å². The SMILES string of the molecule is CC1N=C(OCc2ccc(F)cc2F)C(Br)C(=O)N1Cc1cccc(CN(CCO)CCO)c1. The molecule has 0 bridgehead atoms. The summed E-state index contributed by atoms with van der Waals surface area (Å²) in [6, 6.07) is 11.0. The number of aliphatic hydroxyl groups excluding tert-OH is 2. The largest absolute Gasteiger partial charge is 0.475 e. The van der Waals surface area contributed by atoms with Crippen molar-refractivity contribution in [3.63, 3.8) is 0 Å². The van der Waals surface area contributed by atoms with Crippen LogP contribution in [0, 0.1) is 11.6 Å². The molecule has 34 heavy (non-hydrogen) atoms. The van der Waals surface area contributed by atoms with Crippen LogP contribution < -0.4 is 0 Å². The average molecular weight is 540 g/mol. The zero-order chi connectivity index (χ0) is 24.7. The molecule has 2 N–H and O–H groups in total. The Morgan fingerprint density at radius 3 is 2.50 bits per heavy atom. The van der Waals surface area contributed by atoms with E-state index in [0.717, 1.165) is 23.3 Å². The number of carbonyl (C=O) groups excluding carboxylic acids is 1. The number of aliphatic hydroxyl groups is 2. The molecular formula is C24H28BrF2N3O4.